The van der Waals surface area contributed by atoms with Crippen LogP contribution in [0.1, 0.15) is 43.4 Å². The summed E-state index contributed by atoms with van der Waals surface area (Å²) in [5.74, 6) is 2.62. The molecule has 0 bridgehead atoms. The van der Waals surface area contributed by atoms with Gasteiger partial charge < -0.3 is 5.32 Å². The van der Waals surface area contributed by atoms with Crippen molar-refractivity contribution in [2.45, 2.75) is 44.7 Å². The molecule has 1 nitrogen and oxygen atoms in total. The van der Waals surface area contributed by atoms with E-state index in [1.54, 1.807) is 12.1 Å². The molecule has 0 saturated heterocycles. The summed E-state index contributed by atoms with van der Waals surface area (Å²) in [7, 11) is 0. The van der Waals surface area contributed by atoms with Crippen molar-refractivity contribution in [3.63, 3.8) is 0 Å². The molecule has 0 amide bonds. The van der Waals surface area contributed by atoms with E-state index in [-0.39, 0.29) is 11.9 Å². The van der Waals surface area contributed by atoms with Gasteiger partial charge in [0.25, 0.3) is 0 Å². The van der Waals surface area contributed by atoms with E-state index in [0.29, 0.717) is 6.04 Å². The van der Waals surface area contributed by atoms with Gasteiger partial charge in [-0.3, -0.25) is 0 Å². The topological polar surface area (TPSA) is 12.0 Å². The minimum absolute atomic E-state index is 0.0724. The fraction of sp³-hybridized carbons (Fsp3) is 0.467. The Morgan fingerprint density at radius 2 is 2.41 bits per heavy atom. The highest BCUT2D eigenvalue weighted by Crippen LogP contribution is 2.33. The van der Waals surface area contributed by atoms with E-state index in [0.717, 1.165) is 36.8 Å². The summed E-state index contributed by atoms with van der Waals surface area (Å²) in [4.78, 5) is 0. The van der Waals surface area contributed by atoms with Gasteiger partial charge in [0.15, 0.2) is 0 Å². The molecule has 0 fully saturated rings. The molecule has 1 aliphatic rings. The maximum atomic E-state index is 13.6. The monoisotopic (exact) mass is 231 g/mol. The Balaban J connectivity index is 2.12. The first-order valence-corrected chi connectivity index (χ1v) is 6.23. The van der Waals surface area contributed by atoms with Gasteiger partial charge in [-0.2, -0.15) is 0 Å². The van der Waals surface area contributed by atoms with Crippen LogP contribution >= 0.6 is 0 Å². The molecule has 2 rings (SSSR count). The van der Waals surface area contributed by atoms with Gasteiger partial charge in [-0.15, -0.1) is 12.3 Å². The van der Waals surface area contributed by atoms with Crippen LogP contribution in [0.4, 0.5) is 4.39 Å². The largest absolute Gasteiger partial charge is 0.306 e. The summed E-state index contributed by atoms with van der Waals surface area (Å²) >= 11 is 0. The number of hydrogen-bond acceptors (Lipinski definition) is 1. The Kier molecular flexibility index (Phi) is 3.81. The lowest BCUT2D eigenvalue weighted by Gasteiger charge is -2.21. The summed E-state index contributed by atoms with van der Waals surface area (Å²) < 4.78 is 13.6. The van der Waals surface area contributed by atoms with Gasteiger partial charge >= 0.3 is 0 Å². The average Bonchev–Trinajstić information content (AvgIpc) is 2.73. The predicted octanol–water partition coefficient (Wildman–Crippen LogP) is 3.20. The van der Waals surface area contributed by atoms with Crippen molar-refractivity contribution in [1.29, 1.82) is 0 Å². The fourth-order valence-corrected chi connectivity index (χ4v) is 2.53. The SMILES string of the molecule is C#CCC(CC)NC1CCc2c(F)cccc21. The van der Waals surface area contributed by atoms with Gasteiger partial charge in [-0.25, -0.2) is 4.39 Å². The van der Waals surface area contributed by atoms with E-state index in [9.17, 15) is 4.39 Å². The average molecular weight is 231 g/mol. The zero-order valence-electron chi connectivity index (χ0n) is 10.2. The lowest BCUT2D eigenvalue weighted by atomic mass is 10.1. The van der Waals surface area contributed by atoms with Gasteiger partial charge in [0.2, 0.25) is 0 Å². The summed E-state index contributed by atoms with van der Waals surface area (Å²) in [5.41, 5.74) is 1.99. The lowest BCUT2D eigenvalue weighted by molar-refractivity contribution is 0.427. The Labute approximate surface area is 102 Å². The quantitative estimate of drug-likeness (QED) is 0.785. The molecule has 0 saturated carbocycles. The molecular formula is C15H18FN. The zero-order valence-corrected chi connectivity index (χ0v) is 10.2. The van der Waals surface area contributed by atoms with Crippen molar-refractivity contribution < 1.29 is 4.39 Å². The van der Waals surface area contributed by atoms with Crippen LogP contribution in [0.25, 0.3) is 0 Å². The van der Waals surface area contributed by atoms with E-state index in [4.69, 9.17) is 6.42 Å². The fourth-order valence-electron chi connectivity index (χ4n) is 2.53. The maximum Gasteiger partial charge on any atom is 0.126 e. The van der Waals surface area contributed by atoms with Gasteiger partial charge in [0, 0.05) is 18.5 Å². The van der Waals surface area contributed by atoms with Crippen molar-refractivity contribution in [1.82, 2.24) is 5.32 Å². The Hall–Kier alpha value is -1.33. The van der Waals surface area contributed by atoms with Crippen LogP contribution in [0, 0.1) is 18.2 Å². The highest BCUT2D eigenvalue weighted by atomic mass is 19.1. The Morgan fingerprint density at radius 1 is 1.59 bits per heavy atom. The van der Waals surface area contributed by atoms with Crippen LogP contribution < -0.4 is 5.32 Å². The minimum Gasteiger partial charge on any atom is -0.306 e. The first-order chi connectivity index (χ1) is 8.26. The number of rotatable bonds is 4. The molecule has 0 radical (unpaired) electrons. The van der Waals surface area contributed by atoms with Gasteiger partial charge in [0.05, 0.1) is 0 Å². The Bertz CT molecular complexity index is 433. The molecule has 2 atom stereocenters. The van der Waals surface area contributed by atoms with E-state index >= 15 is 0 Å². The third-order valence-electron chi connectivity index (χ3n) is 3.51. The van der Waals surface area contributed by atoms with Crippen molar-refractivity contribution in [2.24, 2.45) is 0 Å². The highest BCUT2D eigenvalue weighted by Gasteiger charge is 2.25. The van der Waals surface area contributed by atoms with Crippen LogP contribution in [0.2, 0.25) is 0 Å². The number of fused-ring (bicyclic) bond motifs is 1. The first-order valence-electron chi connectivity index (χ1n) is 6.23. The van der Waals surface area contributed by atoms with E-state index in [2.05, 4.69) is 18.2 Å². The Morgan fingerprint density at radius 3 is 3.12 bits per heavy atom. The second-order valence-electron chi connectivity index (χ2n) is 4.58. The van der Waals surface area contributed by atoms with Crippen molar-refractivity contribution in [3.05, 3.63) is 35.1 Å². The molecule has 1 aromatic rings. The summed E-state index contributed by atoms with van der Waals surface area (Å²) in [6, 6.07) is 5.94. The standard InChI is InChI=1S/C15H18FN/c1-3-6-11(4-2)17-15-10-9-12-13(15)7-5-8-14(12)16/h1,5,7-8,11,15,17H,4,6,9-10H2,2H3. The molecule has 1 N–H and O–H groups in total. The van der Waals surface area contributed by atoms with E-state index < -0.39 is 0 Å². The molecule has 1 aromatic carbocycles. The van der Waals surface area contributed by atoms with Crippen LogP contribution in [0.3, 0.4) is 0 Å². The zero-order chi connectivity index (χ0) is 12.3. The third-order valence-corrected chi connectivity index (χ3v) is 3.51. The highest BCUT2D eigenvalue weighted by molar-refractivity contribution is 5.35. The molecule has 0 aliphatic heterocycles. The van der Waals surface area contributed by atoms with E-state index in [1.807, 2.05) is 6.07 Å². The molecule has 2 unspecified atom stereocenters. The molecule has 0 aromatic heterocycles. The van der Waals surface area contributed by atoms with Gasteiger partial charge in [-0.05, 0) is 36.5 Å². The van der Waals surface area contributed by atoms with E-state index in [1.165, 1.54) is 0 Å². The second-order valence-corrected chi connectivity index (χ2v) is 4.58. The molecule has 2 heteroatoms. The minimum atomic E-state index is -0.0724. The van der Waals surface area contributed by atoms with Crippen molar-refractivity contribution in [3.8, 4) is 12.3 Å². The molecule has 0 heterocycles. The van der Waals surface area contributed by atoms with Crippen LogP contribution in [-0.2, 0) is 6.42 Å². The number of benzene rings is 1. The third kappa shape index (κ3) is 2.50. The first kappa shape index (κ1) is 12.1. The van der Waals surface area contributed by atoms with Crippen LogP contribution in [0.15, 0.2) is 18.2 Å². The predicted molar refractivity (Wildman–Crippen MR) is 68.1 cm³/mol. The number of halogens is 1. The van der Waals surface area contributed by atoms with Crippen LogP contribution in [-0.4, -0.2) is 6.04 Å². The summed E-state index contributed by atoms with van der Waals surface area (Å²) in [6.07, 6.45) is 8.88. The van der Waals surface area contributed by atoms with Gasteiger partial charge in [0.1, 0.15) is 5.82 Å². The number of hydrogen-bond donors (Lipinski definition) is 1. The number of nitrogens with one attached hydrogen (secondary N) is 1. The van der Waals surface area contributed by atoms with Crippen molar-refractivity contribution in [2.75, 3.05) is 0 Å². The van der Waals surface area contributed by atoms with Crippen LogP contribution in [0.5, 0.6) is 0 Å². The maximum absolute atomic E-state index is 13.6. The molecule has 17 heavy (non-hydrogen) atoms. The number of terminal acetylenes is 1. The lowest BCUT2D eigenvalue weighted by Crippen LogP contribution is -2.31. The summed E-state index contributed by atoms with van der Waals surface area (Å²) in [6.45, 7) is 2.12. The second kappa shape index (κ2) is 5.33. The molecular weight excluding hydrogens is 213 g/mol. The molecule has 1 aliphatic carbocycles. The van der Waals surface area contributed by atoms with Gasteiger partial charge in [-0.1, -0.05) is 19.1 Å². The smallest absolute Gasteiger partial charge is 0.126 e. The molecule has 0 spiro atoms. The van der Waals surface area contributed by atoms with Crippen molar-refractivity contribution >= 4 is 0 Å². The summed E-state index contributed by atoms with van der Waals surface area (Å²) in [5, 5.41) is 3.54. The normalized spacial score (nSPS) is 19.7. The molecule has 90 valence electrons.